The molecule has 2 heterocycles. The summed E-state index contributed by atoms with van der Waals surface area (Å²) in [6.45, 7) is 0. The second-order valence-electron chi connectivity index (χ2n) is 6.51. The Balaban J connectivity index is 2.25. The first-order valence-corrected chi connectivity index (χ1v) is 8.34. The highest BCUT2D eigenvalue weighted by Gasteiger charge is 2.66. The van der Waals surface area contributed by atoms with Crippen molar-refractivity contribution in [2.45, 2.75) is 24.1 Å². The molecule has 0 saturated carbocycles. The highest BCUT2D eigenvalue weighted by molar-refractivity contribution is 6.00. The number of amides is 2. The van der Waals surface area contributed by atoms with Crippen molar-refractivity contribution in [3.8, 4) is 0 Å². The van der Waals surface area contributed by atoms with Crippen molar-refractivity contribution >= 4 is 11.8 Å². The first kappa shape index (κ1) is 21.6. The van der Waals surface area contributed by atoms with Crippen molar-refractivity contribution in [1.82, 2.24) is 15.6 Å². The van der Waals surface area contributed by atoms with E-state index in [-0.39, 0.29) is 0 Å². The maximum atomic E-state index is 13.8. The van der Waals surface area contributed by atoms with Gasteiger partial charge in [0.05, 0.1) is 11.6 Å². The predicted octanol–water partition coefficient (Wildman–Crippen LogP) is 3.20. The van der Waals surface area contributed by atoms with Gasteiger partial charge in [0.1, 0.15) is 5.92 Å². The van der Waals surface area contributed by atoms with Gasteiger partial charge in [-0.05, 0) is 23.8 Å². The fraction of sp³-hybridized carbons (Fsp3) is 0.278. The minimum atomic E-state index is -5.58. The monoisotopic (exact) mass is 433 g/mol. The van der Waals surface area contributed by atoms with E-state index in [0.717, 1.165) is 30.5 Å². The SMILES string of the molecule is O=C1N[C@H](c2ccccc2C(F)(F)F)[C@H](C(=O)c2cccnc2)[C@](O)(C(F)(F)F)N1. The van der Waals surface area contributed by atoms with E-state index in [1.807, 2.05) is 5.32 Å². The number of carbonyl (C=O) groups is 2. The normalized spacial score (nSPS) is 24.7. The Hall–Kier alpha value is -3.15. The van der Waals surface area contributed by atoms with Crippen molar-refractivity contribution < 1.29 is 41.0 Å². The van der Waals surface area contributed by atoms with Crippen LogP contribution in [0.3, 0.4) is 0 Å². The lowest BCUT2D eigenvalue weighted by Crippen LogP contribution is -2.73. The molecule has 1 aromatic heterocycles. The van der Waals surface area contributed by atoms with Crippen LogP contribution in [0.4, 0.5) is 31.1 Å². The summed E-state index contributed by atoms with van der Waals surface area (Å²) in [5, 5.41) is 13.5. The van der Waals surface area contributed by atoms with E-state index in [1.54, 1.807) is 0 Å². The zero-order valence-corrected chi connectivity index (χ0v) is 14.8. The molecule has 3 rings (SSSR count). The van der Waals surface area contributed by atoms with Gasteiger partial charge in [-0.15, -0.1) is 0 Å². The Morgan fingerprint density at radius 3 is 2.30 bits per heavy atom. The van der Waals surface area contributed by atoms with Gasteiger partial charge in [0.2, 0.25) is 5.72 Å². The third kappa shape index (κ3) is 3.70. The number of carbonyl (C=O) groups excluding carboxylic acids is 2. The molecule has 160 valence electrons. The second kappa shape index (κ2) is 7.27. The fourth-order valence-corrected chi connectivity index (χ4v) is 3.31. The van der Waals surface area contributed by atoms with Gasteiger partial charge in [-0.1, -0.05) is 18.2 Å². The Morgan fingerprint density at radius 2 is 1.73 bits per heavy atom. The summed E-state index contributed by atoms with van der Waals surface area (Å²) in [5.74, 6) is -3.94. The molecule has 0 unspecified atom stereocenters. The summed E-state index contributed by atoms with van der Waals surface area (Å²) in [6, 6.07) is 2.13. The molecule has 30 heavy (non-hydrogen) atoms. The van der Waals surface area contributed by atoms with E-state index < -0.39 is 58.5 Å². The van der Waals surface area contributed by atoms with Gasteiger partial charge < -0.3 is 15.7 Å². The van der Waals surface area contributed by atoms with Gasteiger partial charge in [0, 0.05) is 18.0 Å². The number of nitrogens with one attached hydrogen (secondary N) is 2. The minimum absolute atomic E-state index is 0.391. The molecule has 0 radical (unpaired) electrons. The molecule has 6 nitrogen and oxygen atoms in total. The smallest absolute Gasteiger partial charge is 0.363 e. The summed E-state index contributed by atoms with van der Waals surface area (Å²) in [5.41, 5.74) is -6.68. The maximum Gasteiger partial charge on any atom is 0.437 e. The van der Waals surface area contributed by atoms with E-state index >= 15 is 0 Å². The van der Waals surface area contributed by atoms with Crippen LogP contribution in [-0.4, -0.2) is 33.8 Å². The molecule has 1 aliphatic rings. The van der Waals surface area contributed by atoms with Crippen molar-refractivity contribution in [3.05, 3.63) is 65.5 Å². The molecule has 12 heteroatoms. The number of rotatable bonds is 3. The summed E-state index contributed by atoms with van der Waals surface area (Å²) in [6.07, 6.45) is -8.45. The third-order valence-electron chi connectivity index (χ3n) is 4.64. The number of halogens is 6. The lowest BCUT2D eigenvalue weighted by atomic mass is 9.76. The van der Waals surface area contributed by atoms with Gasteiger partial charge in [0.15, 0.2) is 5.78 Å². The maximum absolute atomic E-state index is 13.8. The topological polar surface area (TPSA) is 91.3 Å². The number of hydrogen-bond acceptors (Lipinski definition) is 4. The summed E-state index contributed by atoms with van der Waals surface area (Å²) < 4.78 is 81.7. The first-order chi connectivity index (χ1) is 13.9. The lowest BCUT2D eigenvalue weighted by Gasteiger charge is -2.45. The number of alkyl halides is 6. The van der Waals surface area contributed by atoms with Crippen LogP contribution >= 0.6 is 0 Å². The lowest BCUT2D eigenvalue weighted by molar-refractivity contribution is -0.287. The average Bonchev–Trinajstić information content (AvgIpc) is 2.66. The zero-order valence-electron chi connectivity index (χ0n) is 14.8. The summed E-state index contributed by atoms with van der Waals surface area (Å²) >= 11 is 0. The first-order valence-electron chi connectivity index (χ1n) is 8.34. The quantitative estimate of drug-likeness (QED) is 0.512. The Labute approximate surface area is 164 Å². The molecule has 1 saturated heterocycles. The molecular formula is C18H13F6N3O3. The third-order valence-corrected chi connectivity index (χ3v) is 4.64. The van der Waals surface area contributed by atoms with E-state index in [2.05, 4.69) is 4.98 Å². The number of urea groups is 1. The highest BCUT2D eigenvalue weighted by atomic mass is 19.4. The standard InChI is InChI=1S/C18H13F6N3O3/c19-17(20,21)11-6-2-1-5-10(11)13-12(14(28)9-4-3-7-25-8-9)16(30,18(22,23)24)27-15(29)26-13/h1-8,12-13,30H,(H2,26,27,29)/t12-,13-,16+/m1/s1. The van der Waals surface area contributed by atoms with Crippen molar-refractivity contribution in [3.63, 3.8) is 0 Å². The molecule has 0 spiro atoms. The summed E-state index contributed by atoms with van der Waals surface area (Å²) in [7, 11) is 0. The number of aliphatic hydroxyl groups is 1. The Kier molecular flexibility index (Phi) is 5.23. The number of pyridine rings is 1. The minimum Gasteiger partial charge on any atom is -0.363 e. The van der Waals surface area contributed by atoms with Gasteiger partial charge in [-0.2, -0.15) is 26.3 Å². The van der Waals surface area contributed by atoms with Crippen LogP contribution in [0.1, 0.15) is 27.5 Å². The Morgan fingerprint density at radius 1 is 1.07 bits per heavy atom. The van der Waals surface area contributed by atoms with Crippen LogP contribution in [0.2, 0.25) is 0 Å². The molecule has 2 amide bonds. The molecule has 1 aromatic carbocycles. The average molecular weight is 433 g/mol. The van der Waals surface area contributed by atoms with E-state index in [1.165, 1.54) is 17.6 Å². The zero-order chi connectivity index (χ0) is 22.3. The van der Waals surface area contributed by atoms with Crippen molar-refractivity contribution in [2.75, 3.05) is 0 Å². The number of Topliss-reactive ketones (excluding diaryl/α,β-unsaturated/α-hetero) is 1. The van der Waals surface area contributed by atoms with Crippen LogP contribution in [0.25, 0.3) is 0 Å². The van der Waals surface area contributed by atoms with Gasteiger partial charge in [0.25, 0.3) is 0 Å². The van der Waals surface area contributed by atoms with Crippen molar-refractivity contribution in [2.24, 2.45) is 5.92 Å². The fourth-order valence-electron chi connectivity index (χ4n) is 3.31. The van der Waals surface area contributed by atoms with Crippen LogP contribution in [-0.2, 0) is 6.18 Å². The van der Waals surface area contributed by atoms with Crippen LogP contribution in [0.5, 0.6) is 0 Å². The van der Waals surface area contributed by atoms with Gasteiger partial charge in [-0.25, -0.2) is 4.79 Å². The number of nitrogens with zero attached hydrogens (tertiary/aromatic N) is 1. The molecule has 2 aromatic rings. The van der Waals surface area contributed by atoms with E-state index in [4.69, 9.17) is 0 Å². The van der Waals surface area contributed by atoms with E-state index in [0.29, 0.717) is 6.07 Å². The van der Waals surface area contributed by atoms with Gasteiger partial charge in [-0.3, -0.25) is 9.78 Å². The molecule has 1 aliphatic heterocycles. The van der Waals surface area contributed by atoms with E-state index in [9.17, 15) is 41.0 Å². The van der Waals surface area contributed by atoms with Gasteiger partial charge >= 0.3 is 18.4 Å². The number of ketones is 1. The largest absolute Gasteiger partial charge is 0.437 e. The summed E-state index contributed by atoms with van der Waals surface area (Å²) in [4.78, 5) is 28.4. The predicted molar refractivity (Wildman–Crippen MR) is 88.9 cm³/mol. The van der Waals surface area contributed by atoms with Crippen molar-refractivity contribution in [1.29, 1.82) is 0 Å². The highest BCUT2D eigenvalue weighted by Crippen LogP contribution is 2.46. The number of aromatic nitrogens is 1. The molecule has 1 fully saturated rings. The van der Waals surface area contributed by atoms with Crippen LogP contribution < -0.4 is 10.6 Å². The number of hydrogen-bond donors (Lipinski definition) is 3. The molecule has 3 atom stereocenters. The molecular weight excluding hydrogens is 420 g/mol. The molecule has 3 N–H and O–H groups in total. The number of benzene rings is 1. The second-order valence-corrected chi connectivity index (χ2v) is 6.51. The molecule has 0 aliphatic carbocycles. The van der Waals surface area contributed by atoms with Crippen LogP contribution in [0, 0.1) is 5.92 Å². The molecule has 0 bridgehead atoms. The van der Waals surface area contributed by atoms with Crippen LogP contribution in [0.15, 0.2) is 48.8 Å². The Bertz CT molecular complexity index is 964.